The molecule has 4 aromatic rings. The van der Waals surface area contributed by atoms with Gasteiger partial charge in [0.1, 0.15) is 12.4 Å². The van der Waals surface area contributed by atoms with Crippen LogP contribution in [-0.2, 0) is 11.4 Å². The average molecular weight is 488 g/mol. The summed E-state index contributed by atoms with van der Waals surface area (Å²) < 4.78 is 7.19. The normalized spacial score (nSPS) is 10.9. The summed E-state index contributed by atoms with van der Waals surface area (Å²) in [4.78, 5) is 12.3. The van der Waals surface area contributed by atoms with Crippen LogP contribution in [0, 0.1) is 6.92 Å². The van der Waals surface area contributed by atoms with E-state index in [1.807, 2.05) is 85.8 Å². The monoisotopic (exact) mass is 487 g/mol. The lowest BCUT2D eigenvalue weighted by atomic mass is 10.2. The highest BCUT2D eigenvalue weighted by atomic mass is 32.2. The second-order valence-electron chi connectivity index (χ2n) is 7.51. The molecule has 0 aliphatic heterocycles. The Hall–Kier alpha value is -4.31. The minimum absolute atomic E-state index is 0.138. The number of hydrogen-bond acceptors (Lipinski definition) is 8. The van der Waals surface area contributed by atoms with Crippen molar-refractivity contribution in [1.82, 2.24) is 14.9 Å². The fraction of sp³-hybridized carbons (Fsp3) is 0.120. The van der Waals surface area contributed by atoms with E-state index in [0.29, 0.717) is 17.5 Å². The first-order chi connectivity index (χ1) is 17.1. The third kappa shape index (κ3) is 6.61. The van der Waals surface area contributed by atoms with E-state index in [2.05, 4.69) is 26.0 Å². The van der Waals surface area contributed by atoms with Crippen molar-refractivity contribution in [3.63, 3.8) is 0 Å². The Balaban J connectivity index is 1.31. The van der Waals surface area contributed by atoms with Crippen LogP contribution in [-0.4, -0.2) is 32.7 Å². The number of aryl methyl sites for hydroxylation is 1. The summed E-state index contributed by atoms with van der Waals surface area (Å²) in [5, 5.41) is 15.5. The van der Waals surface area contributed by atoms with Crippen molar-refractivity contribution in [2.75, 3.05) is 22.3 Å². The molecule has 0 radical (unpaired) electrons. The summed E-state index contributed by atoms with van der Waals surface area (Å²) in [5.74, 6) is 6.99. The Labute approximate surface area is 207 Å². The molecule has 3 aromatic carbocycles. The Morgan fingerprint density at radius 3 is 2.63 bits per heavy atom. The number of nitrogen functional groups attached to an aromatic ring is 1. The molecule has 1 aromatic heterocycles. The third-order valence-corrected chi connectivity index (χ3v) is 5.88. The molecule has 4 rings (SSSR count). The third-order valence-electron chi connectivity index (χ3n) is 4.94. The van der Waals surface area contributed by atoms with Crippen LogP contribution in [0.2, 0.25) is 0 Å². The molecule has 1 amide bonds. The van der Waals surface area contributed by atoms with Gasteiger partial charge in [-0.1, -0.05) is 72.4 Å². The molecular formula is C25H25N7O2S. The number of carbonyl (C=O) groups is 1. The standard InChI is InChI=1S/C25H25N7O2S/c1-18-9-5-7-13-21(18)28-23(33)17-35-25-31-30-24(32(25)26)29-27-15-20-12-6-8-14-22(20)34-16-19-10-3-2-4-11-19/h2-15H,16-17,26H2,1H3,(H,28,33)(H,29,30)/b27-15+. The maximum atomic E-state index is 12.3. The van der Waals surface area contributed by atoms with Crippen LogP contribution >= 0.6 is 11.8 Å². The molecule has 0 bridgehead atoms. The number of anilines is 2. The van der Waals surface area contributed by atoms with Crippen molar-refractivity contribution in [1.29, 1.82) is 0 Å². The van der Waals surface area contributed by atoms with Crippen molar-refractivity contribution in [3.8, 4) is 5.75 Å². The van der Waals surface area contributed by atoms with Gasteiger partial charge in [0.2, 0.25) is 11.1 Å². The molecule has 0 fully saturated rings. The zero-order valence-electron chi connectivity index (χ0n) is 19.1. The van der Waals surface area contributed by atoms with Gasteiger partial charge in [-0.3, -0.25) is 4.79 Å². The molecule has 0 atom stereocenters. The van der Waals surface area contributed by atoms with Gasteiger partial charge in [0.25, 0.3) is 5.95 Å². The quantitative estimate of drug-likeness (QED) is 0.134. The van der Waals surface area contributed by atoms with E-state index >= 15 is 0 Å². The molecule has 0 spiro atoms. The van der Waals surface area contributed by atoms with Crippen molar-refractivity contribution in [2.45, 2.75) is 18.7 Å². The van der Waals surface area contributed by atoms with Crippen LogP contribution in [0.4, 0.5) is 11.6 Å². The molecule has 0 saturated carbocycles. The molecule has 0 aliphatic carbocycles. The summed E-state index contributed by atoms with van der Waals surface area (Å²) >= 11 is 1.18. The molecule has 10 heteroatoms. The molecule has 35 heavy (non-hydrogen) atoms. The number of thioether (sulfide) groups is 1. The first kappa shape index (κ1) is 23.8. The van der Waals surface area contributed by atoms with Gasteiger partial charge < -0.3 is 15.9 Å². The molecule has 0 aliphatic rings. The van der Waals surface area contributed by atoms with E-state index in [1.165, 1.54) is 16.4 Å². The van der Waals surface area contributed by atoms with Crippen molar-refractivity contribution in [3.05, 3.63) is 95.6 Å². The van der Waals surface area contributed by atoms with Crippen molar-refractivity contribution >= 4 is 35.5 Å². The lowest BCUT2D eigenvalue weighted by molar-refractivity contribution is -0.113. The van der Waals surface area contributed by atoms with Gasteiger partial charge in [-0.05, 0) is 36.2 Å². The lowest BCUT2D eigenvalue weighted by Gasteiger charge is -2.09. The summed E-state index contributed by atoms with van der Waals surface area (Å²) in [6, 6.07) is 25.1. The number of rotatable bonds is 10. The van der Waals surface area contributed by atoms with Crippen LogP contribution in [0.3, 0.4) is 0 Å². The van der Waals surface area contributed by atoms with E-state index in [9.17, 15) is 4.79 Å². The molecular weight excluding hydrogens is 462 g/mol. The SMILES string of the molecule is Cc1ccccc1NC(=O)CSc1nnc(N/N=C/c2ccccc2OCc2ccccc2)n1N. The topological polar surface area (TPSA) is 119 Å². The van der Waals surface area contributed by atoms with Gasteiger partial charge in [-0.2, -0.15) is 5.10 Å². The first-order valence-electron chi connectivity index (χ1n) is 10.8. The highest BCUT2D eigenvalue weighted by Gasteiger charge is 2.12. The minimum Gasteiger partial charge on any atom is -0.488 e. The number of carbonyl (C=O) groups excluding carboxylic acids is 1. The summed E-state index contributed by atoms with van der Waals surface area (Å²) in [5.41, 5.74) is 6.42. The van der Waals surface area contributed by atoms with Crippen molar-refractivity contribution < 1.29 is 9.53 Å². The molecule has 4 N–H and O–H groups in total. The second kappa shape index (κ2) is 11.7. The number of nitrogens with two attached hydrogens (primary N) is 1. The van der Waals surface area contributed by atoms with Crippen molar-refractivity contribution in [2.24, 2.45) is 5.10 Å². The number of hydrogen-bond donors (Lipinski definition) is 3. The molecule has 0 unspecified atom stereocenters. The predicted octanol–water partition coefficient (Wildman–Crippen LogP) is 4.06. The molecule has 0 saturated heterocycles. The second-order valence-corrected chi connectivity index (χ2v) is 8.45. The average Bonchev–Trinajstić information content (AvgIpc) is 3.23. The Morgan fingerprint density at radius 1 is 1.06 bits per heavy atom. The van der Waals surface area contributed by atoms with Gasteiger partial charge in [0.15, 0.2) is 0 Å². The van der Waals surface area contributed by atoms with Gasteiger partial charge in [-0.15, -0.1) is 10.2 Å². The number of benzene rings is 3. The van der Waals surface area contributed by atoms with Gasteiger partial charge in [-0.25, -0.2) is 10.1 Å². The smallest absolute Gasteiger partial charge is 0.264 e. The fourth-order valence-electron chi connectivity index (χ4n) is 3.09. The van der Waals surface area contributed by atoms with Gasteiger partial charge >= 0.3 is 0 Å². The predicted molar refractivity (Wildman–Crippen MR) is 139 cm³/mol. The molecule has 1 heterocycles. The molecule has 9 nitrogen and oxygen atoms in total. The minimum atomic E-state index is -0.160. The number of aromatic nitrogens is 3. The van der Waals surface area contributed by atoms with Crippen LogP contribution in [0.1, 0.15) is 16.7 Å². The largest absolute Gasteiger partial charge is 0.488 e. The van der Waals surface area contributed by atoms with E-state index in [-0.39, 0.29) is 17.6 Å². The zero-order chi connectivity index (χ0) is 24.5. The van der Waals surface area contributed by atoms with Crippen LogP contribution < -0.4 is 21.3 Å². The van der Waals surface area contributed by atoms with E-state index in [1.54, 1.807) is 6.21 Å². The van der Waals surface area contributed by atoms with Gasteiger partial charge in [0, 0.05) is 11.3 Å². The Morgan fingerprint density at radius 2 is 1.80 bits per heavy atom. The number of hydrazone groups is 1. The van der Waals surface area contributed by atoms with E-state index in [0.717, 1.165) is 22.4 Å². The number of ether oxygens (including phenoxy) is 1. The Kier molecular flexibility index (Phi) is 7.97. The lowest BCUT2D eigenvalue weighted by Crippen LogP contribution is -2.17. The number of nitrogens with one attached hydrogen (secondary N) is 2. The maximum absolute atomic E-state index is 12.3. The first-order valence-corrected chi connectivity index (χ1v) is 11.8. The maximum Gasteiger partial charge on any atom is 0.264 e. The highest BCUT2D eigenvalue weighted by molar-refractivity contribution is 7.99. The van der Waals surface area contributed by atoms with Crippen LogP contribution in [0.25, 0.3) is 0 Å². The fourth-order valence-corrected chi connectivity index (χ4v) is 3.75. The van der Waals surface area contributed by atoms with Gasteiger partial charge in [0.05, 0.1) is 12.0 Å². The van der Waals surface area contributed by atoms with Crippen LogP contribution in [0.5, 0.6) is 5.75 Å². The number of para-hydroxylation sites is 2. The van der Waals surface area contributed by atoms with Crippen LogP contribution in [0.15, 0.2) is 89.1 Å². The zero-order valence-corrected chi connectivity index (χ0v) is 19.9. The summed E-state index contributed by atoms with van der Waals surface area (Å²) in [6.45, 7) is 2.39. The van der Waals surface area contributed by atoms with E-state index < -0.39 is 0 Å². The summed E-state index contributed by atoms with van der Waals surface area (Å²) in [6.07, 6.45) is 1.62. The summed E-state index contributed by atoms with van der Waals surface area (Å²) in [7, 11) is 0. The van der Waals surface area contributed by atoms with E-state index in [4.69, 9.17) is 10.6 Å². The Bertz CT molecular complexity index is 1310. The number of amides is 1. The molecule has 178 valence electrons. The number of nitrogens with zero attached hydrogens (tertiary/aromatic N) is 4. The highest BCUT2D eigenvalue weighted by Crippen LogP contribution is 2.20.